The zero-order valence-corrected chi connectivity index (χ0v) is 13.0. The molecule has 0 saturated carbocycles. The first kappa shape index (κ1) is 13.8. The third kappa shape index (κ3) is 1.93. The van der Waals surface area contributed by atoms with E-state index in [1.807, 2.05) is 36.4 Å². The highest BCUT2D eigenvalue weighted by molar-refractivity contribution is 5.85. The lowest BCUT2D eigenvalue weighted by molar-refractivity contribution is -0.0735. The Morgan fingerprint density at radius 1 is 0.958 bits per heavy atom. The number of hydrogen-bond donors (Lipinski definition) is 0. The average molecular weight is 320 g/mol. The van der Waals surface area contributed by atoms with E-state index >= 15 is 0 Å². The molecule has 1 fully saturated rings. The summed E-state index contributed by atoms with van der Waals surface area (Å²) in [6, 6.07) is 17.6. The minimum atomic E-state index is -0.317. The maximum absolute atomic E-state index is 12.8. The van der Waals surface area contributed by atoms with Gasteiger partial charge in [-0.25, -0.2) is 4.79 Å². The average Bonchev–Trinajstić information content (AvgIpc) is 3.09. The molecule has 0 N–H and O–H groups in total. The number of hydrogen-bond acceptors (Lipinski definition) is 4. The molecule has 120 valence electrons. The van der Waals surface area contributed by atoms with Crippen LogP contribution in [0.2, 0.25) is 0 Å². The summed E-state index contributed by atoms with van der Waals surface area (Å²) in [7, 11) is 0. The van der Waals surface area contributed by atoms with E-state index in [0.29, 0.717) is 23.5 Å². The van der Waals surface area contributed by atoms with Gasteiger partial charge in [0.2, 0.25) is 6.29 Å². The molecule has 0 aliphatic carbocycles. The summed E-state index contributed by atoms with van der Waals surface area (Å²) >= 11 is 0. The van der Waals surface area contributed by atoms with E-state index in [1.165, 1.54) is 0 Å². The smallest absolute Gasteiger partial charge is 0.343 e. The molecule has 0 amide bonds. The maximum atomic E-state index is 12.8. The minimum absolute atomic E-state index is 0.0664. The second-order valence-corrected chi connectivity index (χ2v) is 6.33. The van der Waals surface area contributed by atoms with Crippen molar-refractivity contribution in [1.29, 1.82) is 0 Å². The molecule has 4 heteroatoms. The molecule has 2 aromatic carbocycles. The van der Waals surface area contributed by atoms with Crippen LogP contribution < -0.4 is 10.4 Å². The van der Waals surface area contributed by atoms with Crippen molar-refractivity contribution in [2.24, 2.45) is 5.92 Å². The molecule has 3 unspecified atom stereocenters. The normalized spacial score (nSPS) is 25.1. The molecule has 1 saturated heterocycles. The molecule has 4 nitrogen and oxygen atoms in total. The van der Waals surface area contributed by atoms with Crippen LogP contribution in [-0.2, 0) is 4.74 Å². The van der Waals surface area contributed by atoms with Crippen molar-refractivity contribution in [3.8, 4) is 5.75 Å². The van der Waals surface area contributed by atoms with Gasteiger partial charge in [0.1, 0.15) is 11.3 Å². The van der Waals surface area contributed by atoms with Gasteiger partial charge in [-0.05, 0) is 24.1 Å². The molecule has 1 aromatic heterocycles. The molecule has 3 aromatic rings. The number of ether oxygens (including phenoxy) is 2. The first-order valence-corrected chi connectivity index (χ1v) is 8.22. The summed E-state index contributed by atoms with van der Waals surface area (Å²) < 4.78 is 17.5. The standard InChI is InChI=1S/C20H16O4/c21-19-17-16(12-6-2-1-3-7-12)14-10-11-22-20(14)24-18(17)13-8-4-5-9-15(13)23-19/h1-9,14,16,20H,10-11H2. The second kappa shape index (κ2) is 5.21. The van der Waals surface area contributed by atoms with Crippen LogP contribution in [0.5, 0.6) is 5.75 Å². The number of rotatable bonds is 1. The van der Waals surface area contributed by atoms with E-state index in [4.69, 9.17) is 13.9 Å². The molecular weight excluding hydrogens is 304 g/mol. The molecular formula is C20H16O4. The Bertz CT molecular complexity index is 960. The highest BCUT2D eigenvalue weighted by atomic mass is 16.7. The summed E-state index contributed by atoms with van der Waals surface area (Å²) in [6.45, 7) is 0.649. The Balaban J connectivity index is 1.82. The summed E-state index contributed by atoms with van der Waals surface area (Å²) in [4.78, 5) is 12.8. The van der Waals surface area contributed by atoms with Gasteiger partial charge in [-0.1, -0.05) is 42.5 Å². The zero-order chi connectivity index (χ0) is 16.1. The predicted molar refractivity (Wildman–Crippen MR) is 89.2 cm³/mol. The highest BCUT2D eigenvalue weighted by Gasteiger charge is 2.45. The number of benzene rings is 2. The monoisotopic (exact) mass is 320 g/mol. The van der Waals surface area contributed by atoms with Crippen molar-refractivity contribution in [2.45, 2.75) is 18.6 Å². The molecule has 2 aliphatic heterocycles. The van der Waals surface area contributed by atoms with Crippen molar-refractivity contribution in [2.75, 3.05) is 6.61 Å². The summed E-state index contributed by atoms with van der Waals surface area (Å²) in [5, 5.41) is 0.821. The summed E-state index contributed by atoms with van der Waals surface area (Å²) in [6.07, 6.45) is 0.559. The molecule has 3 atom stereocenters. The zero-order valence-electron chi connectivity index (χ0n) is 13.0. The van der Waals surface area contributed by atoms with E-state index in [-0.39, 0.29) is 23.8 Å². The van der Waals surface area contributed by atoms with Gasteiger partial charge >= 0.3 is 5.63 Å². The van der Waals surface area contributed by atoms with E-state index in [9.17, 15) is 4.79 Å². The highest BCUT2D eigenvalue weighted by Crippen LogP contribution is 2.48. The van der Waals surface area contributed by atoms with Crippen molar-refractivity contribution < 1.29 is 13.9 Å². The Morgan fingerprint density at radius 3 is 2.62 bits per heavy atom. The molecule has 0 bridgehead atoms. The molecule has 24 heavy (non-hydrogen) atoms. The number of fused-ring (bicyclic) bond motifs is 4. The topological polar surface area (TPSA) is 48.7 Å². The van der Waals surface area contributed by atoms with Crippen LogP contribution in [-0.4, -0.2) is 12.9 Å². The summed E-state index contributed by atoms with van der Waals surface area (Å²) in [5.74, 6) is 0.672. The van der Waals surface area contributed by atoms with Crippen LogP contribution in [0.1, 0.15) is 23.5 Å². The van der Waals surface area contributed by atoms with Gasteiger partial charge in [-0.2, -0.15) is 0 Å². The maximum Gasteiger partial charge on any atom is 0.343 e. The van der Waals surface area contributed by atoms with Gasteiger partial charge in [0, 0.05) is 11.8 Å². The van der Waals surface area contributed by atoms with Gasteiger partial charge in [0.15, 0.2) is 0 Å². The SMILES string of the molecule is O=c1oc2ccccc2c2c1C(c1ccccc1)C1CCOC1O2. The van der Waals surface area contributed by atoms with Crippen LogP contribution in [0.3, 0.4) is 0 Å². The molecule has 5 rings (SSSR count). The third-order valence-corrected chi connectivity index (χ3v) is 5.01. The fraction of sp³-hybridized carbons (Fsp3) is 0.250. The van der Waals surface area contributed by atoms with Gasteiger partial charge in [-0.15, -0.1) is 0 Å². The molecule has 2 aliphatic rings. The Labute approximate surface area is 138 Å². The molecule has 0 radical (unpaired) electrons. The van der Waals surface area contributed by atoms with Crippen LogP contribution in [0.25, 0.3) is 11.0 Å². The quantitative estimate of drug-likeness (QED) is 0.642. The fourth-order valence-corrected chi connectivity index (χ4v) is 3.96. The van der Waals surface area contributed by atoms with Gasteiger partial charge in [-0.3, -0.25) is 0 Å². The van der Waals surface area contributed by atoms with Gasteiger partial charge < -0.3 is 13.9 Å². The van der Waals surface area contributed by atoms with Crippen molar-refractivity contribution in [1.82, 2.24) is 0 Å². The summed E-state index contributed by atoms with van der Waals surface area (Å²) in [5.41, 5.74) is 1.95. The van der Waals surface area contributed by atoms with Crippen LogP contribution in [0.15, 0.2) is 63.8 Å². The van der Waals surface area contributed by atoms with Crippen LogP contribution >= 0.6 is 0 Å². The van der Waals surface area contributed by atoms with Gasteiger partial charge in [0.05, 0.1) is 17.6 Å². The fourth-order valence-electron chi connectivity index (χ4n) is 3.96. The Morgan fingerprint density at radius 2 is 1.75 bits per heavy atom. The number of para-hydroxylation sites is 1. The van der Waals surface area contributed by atoms with Crippen molar-refractivity contribution >= 4 is 11.0 Å². The van der Waals surface area contributed by atoms with Crippen LogP contribution in [0.4, 0.5) is 0 Å². The van der Waals surface area contributed by atoms with Crippen molar-refractivity contribution in [3.05, 3.63) is 76.1 Å². The first-order valence-electron chi connectivity index (χ1n) is 8.22. The van der Waals surface area contributed by atoms with Gasteiger partial charge in [0.25, 0.3) is 0 Å². The lowest BCUT2D eigenvalue weighted by Crippen LogP contribution is -2.36. The third-order valence-electron chi connectivity index (χ3n) is 5.01. The second-order valence-electron chi connectivity index (χ2n) is 6.33. The first-order chi connectivity index (χ1) is 11.8. The van der Waals surface area contributed by atoms with E-state index in [2.05, 4.69) is 12.1 Å². The lowest BCUT2D eigenvalue weighted by Gasteiger charge is -2.34. The predicted octanol–water partition coefficient (Wildman–Crippen LogP) is 3.68. The van der Waals surface area contributed by atoms with Crippen LogP contribution in [0, 0.1) is 5.92 Å². The molecule has 3 heterocycles. The minimum Gasteiger partial charge on any atom is -0.463 e. The Kier molecular flexibility index (Phi) is 3.00. The molecule has 0 spiro atoms. The van der Waals surface area contributed by atoms with E-state index < -0.39 is 0 Å². The van der Waals surface area contributed by atoms with Crippen molar-refractivity contribution in [3.63, 3.8) is 0 Å². The Hall–Kier alpha value is -2.59. The largest absolute Gasteiger partial charge is 0.463 e. The lowest BCUT2D eigenvalue weighted by atomic mass is 9.78. The van der Waals surface area contributed by atoms with E-state index in [1.54, 1.807) is 6.07 Å². The van der Waals surface area contributed by atoms with E-state index in [0.717, 1.165) is 17.4 Å².